The van der Waals surface area contributed by atoms with Gasteiger partial charge in [-0.15, -0.1) is 0 Å². The molecular weight excluding hydrogens is 381 g/mol. The highest BCUT2D eigenvalue weighted by molar-refractivity contribution is 5.98. The molecule has 152 valence electrons. The standard InChI is InChI=1S/C24H22FN3O2/c1-14(2)17-5-3-4-6-18(17)19-8-10-21-23(19)28(21)22(29)13-27-12-15-11-16(25)7-9-20(15)26-24(27)30/h3-11,14,23H,12-13H2,1-2H3,(H,26,30)/t23-,28?/m1/s1. The molecule has 2 aromatic carbocycles. The lowest BCUT2D eigenvalue weighted by Gasteiger charge is -2.29. The molecule has 6 heteroatoms. The third kappa shape index (κ3) is 3.00. The van der Waals surface area contributed by atoms with Crippen LogP contribution in [0.2, 0.25) is 0 Å². The van der Waals surface area contributed by atoms with Gasteiger partial charge in [-0.3, -0.25) is 9.69 Å². The first-order valence-corrected chi connectivity index (χ1v) is 10.1. The summed E-state index contributed by atoms with van der Waals surface area (Å²) in [6.07, 6.45) is 4.06. The molecule has 0 aromatic heterocycles. The smallest absolute Gasteiger partial charge is 0.311 e. The summed E-state index contributed by atoms with van der Waals surface area (Å²) < 4.78 is 13.5. The number of anilines is 1. The van der Waals surface area contributed by atoms with Crippen LogP contribution in [-0.4, -0.2) is 34.3 Å². The van der Waals surface area contributed by atoms with Crippen LogP contribution in [-0.2, 0) is 11.3 Å². The van der Waals surface area contributed by atoms with Crippen molar-refractivity contribution in [2.24, 2.45) is 0 Å². The molecule has 2 aliphatic heterocycles. The Morgan fingerprint density at radius 3 is 2.80 bits per heavy atom. The molecule has 30 heavy (non-hydrogen) atoms. The summed E-state index contributed by atoms with van der Waals surface area (Å²) in [4.78, 5) is 28.5. The largest absolute Gasteiger partial charge is 0.322 e. The Morgan fingerprint density at radius 1 is 1.20 bits per heavy atom. The summed E-state index contributed by atoms with van der Waals surface area (Å²) in [6.45, 7) is 4.48. The molecule has 0 spiro atoms. The summed E-state index contributed by atoms with van der Waals surface area (Å²) in [5.74, 6) is -0.110. The van der Waals surface area contributed by atoms with Crippen molar-refractivity contribution in [1.82, 2.24) is 9.80 Å². The molecule has 3 amide bonds. The molecule has 1 fully saturated rings. The predicted molar refractivity (Wildman–Crippen MR) is 113 cm³/mol. The Labute approximate surface area is 174 Å². The van der Waals surface area contributed by atoms with Gasteiger partial charge in [-0.1, -0.05) is 44.2 Å². The zero-order chi connectivity index (χ0) is 21.0. The number of carbonyl (C=O) groups is 2. The van der Waals surface area contributed by atoms with Crippen molar-refractivity contribution in [3.63, 3.8) is 0 Å². The quantitative estimate of drug-likeness (QED) is 0.765. The summed E-state index contributed by atoms with van der Waals surface area (Å²) >= 11 is 0. The highest BCUT2D eigenvalue weighted by atomic mass is 19.1. The molecule has 1 N–H and O–H groups in total. The van der Waals surface area contributed by atoms with Gasteiger partial charge in [0.15, 0.2) is 0 Å². The number of urea groups is 1. The predicted octanol–water partition coefficient (Wildman–Crippen LogP) is 4.49. The van der Waals surface area contributed by atoms with E-state index in [4.69, 9.17) is 0 Å². The van der Waals surface area contributed by atoms with E-state index in [1.165, 1.54) is 28.2 Å². The topological polar surface area (TPSA) is 52.4 Å². The summed E-state index contributed by atoms with van der Waals surface area (Å²) in [5.41, 5.74) is 5.77. The average molecular weight is 403 g/mol. The molecule has 5 rings (SSSR count). The number of hydrogen-bond donors (Lipinski definition) is 1. The number of benzene rings is 2. The van der Waals surface area contributed by atoms with Crippen molar-refractivity contribution in [2.75, 3.05) is 11.9 Å². The molecule has 5 nitrogen and oxygen atoms in total. The molecular formula is C24H22FN3O2. The minimum Gasteiger partial charge on any atom is -0.311 e. The van der Waals surface area contributed by atoms with E-state index in [0.717, 1.165) is 11.3 Å². The second-order valence-corrected chi connectivity index (χ2v) is 8.21. The first-order valence-electron chi connectivity index (χ1n) is 10.1. The highest BCUT2D eigenvalue weighted by Gasteiger charge is 2.50. The fourth-order valence-electron chi connectivity index (χ4n) is 4.39. The number of nitrogens with zero attached hydrogens (tertiary/aromatic N) is 2. The molecule has 2 aromatic rings. The summed E-state index contributed by atoms with van der Waals surface area (Å²) in [7, 11) is 0. The lowest BCUT2D eigenvalue weighted by molar-refractivity contribution is -0.126. The van der Waals surface area contributed by atoms with E-state index in [1.807, 2.05) is 18.2 Å². The van der Waals surface area contributed by atoms with E-state index < -0.39 is 0 Å². The molecule has 2 heterocycles. The van der Waals surface area contributed by atoms with Gasteiger partial charge in [0.25, 0.3) is 0 Å². The van der Waals surface area contributed by atoms with Crippen molar-refractivity contribution >= 4 is 23.2 Å². The van der Waals surface area contributed by atoms with E-state index in [-0.39, 0.29) is 36.9 Å². The van der Waals surface area contributed by atoms with Crippen molar-refractivity contribution in [3.8, 4) is 0 Å². The van der Waals surface area contributed by atoms with E-state index >= 15 is 0 Å². The van der Waals surface area contributed by atoms with Crippen molar-refractivity contribution in [1.29, 1.82) is 0 Å². The van der Waals surface area contributed by atoms with Crippen LogP contribution in [0, 0.1) is 5.82 Å². The van der Waals surface area contributed by atoms with Crippen LogP contribution < -0.4 is 5.32 Å². The number of carbonyl (C=O) groups excluding carboxylic acids is 2. The first kappa shape index (κ1) is 18.6. The van der Waals surface area contributed by atoms with E-state index in [9.17, 15) is 14.0 Å². The van der Waals surface area contributed by atoms with Crippen LogP contribution in [0.5, 0.6) is 0 Å². The number of rotatable bonds is 4. The minimum atomic E-state index is -0.361. The Bertz CT molecular complexity index is 1140. The Morgan fingerprint density at radius 2 is 2.00 bits per heavy atom. The summed E-state index contributed by atoms with van der Waals surface area (Å²) in [6, 6.07) is 12.1. The second kappa shape index (κ2) is 6.83. The molecule has 1 saturated heterocycles. The second-order valence-electron chi connectivity index (χ2n) is 8.21. The number of hydrogen-bond acceptors (Lipinski definition) is 2. The molecule has 0 radical (unpaired) electrons. The van der Waals surface area contributed by atoms with Crippen LogP contribution in [0.3, 0.4) is 0 Å². The highest BCUT2D eigenvalue weighted by Crippen LogP contribution is 2.48. The Hall–Kier alpha value is -3.41. The molecule has 0 bridgehead atoms. The van der Waals surface area contributed by atoms with Crippen molar-refractivity contribution in [2.45, 2.75) is 32.4 Å². The van der Waals surface area contributed by atoms with Gasteiger partial charge >= 0.3 is 6.03 Å². The van der Waals surface area contributed by atoms with Crippen LogP contribution in [0.25, 0.3) is 5.57 Å². The lowest BCUT2D eigenvalue weighted by atomic mass is 9.91. The van der Waals surface area contributed by atoms with Crippen LogP contribution in [0.1, 0.15) is 36.5 Å². The number of halogens is 1. The normalized spacial score (nSPS) is 19.2. The number of nitrogens with one attached hydrogen (secondary N) is 1. The zero-order valence-electron chi connectivity index (χ0n) is 16.9. The summed E-state index contributed by atoms with van der Waals surface area (Å²) in [5, 5.41) is 2.73. The fourth-order valence-corrected chi connectivity index (χ4v) is 4.39. The zero-order valence-corrected chi connectivity index (χ0v) is 16.9. The number of amides is 3. The van der Waals surface area contributed by atoms with Gasteiger partial charge in [-0.25, -0.2) is 9.18 Å². The van der Waals surface area contributed by atoms with Gasteiger partial charge in [-0.05, 0) is 52.5 Å². The maximum Gasteiger partial charge on any atom is 0.322 e. The van der Waals surface area contributed by atoms with Gasteiger partial charge in [0.2, 0.25) is 5.91 Å². The minimum absolute atomic E-state index is 0.0463. The number of allylic oxidation sites excluding steroid dienone is 2. The van der Waals surface area contributed by atoms with Crippen LogP contribution >= 0.6 is 0 Å². The third-order valence-corrected chi connectivity index (χ3v) is 5.92. The molecule has 1 atom stereocenters. The monoisotopic (exact) mass is 403 g/mol. The van der Waals surface area contributed by atoms with Gasteiger partial charge in [-0.2, -0.15) is 0 Å². The Balaban J connectivity index is 1.31. The Kier molecular flexibility index (Phi) is 4.24. The molecule has 0 saturated carbocycles. The van der Waals surface area contributed by atoms with Crippen LogP contribution in [0.4, 0.5) is 14.9 Å². The van der Waals surface area contributed by atoms with E-state index in [2.05, 4.69) is 37.4 Å². The van der Waals surface area contributed by atoms with Crippen molar-refractivity contribution in [3.05, 3.63) is 82.8 Å². The maximum absolute atomic E-state index is 13.5. The van der Waals surface area contributed by atoms with Gasteiger partial charge in [0.1, 0.15) is 18.4 Å². The lowest BCUT2D eigenvalue weighted by Crippen LogP contribution is -2.43. The molecule has 1 aliphatic carbocycles. The number of fused-ring (bicyclic) bond motifs is 2. The first-order chi connectivity index (χ1) is 14.4. The van der Waals surface area contributed by atoms with Gasteiger partial charge < -0.3 is 10.2 Å². The van der Waals surface area contributed by atoms with E-state index in [1.54, 1.807) is 11.0 Å². The average Bonchev–Trinajstić information content (AvgIpc) is 3.28. The third-order valence-electron chi connectivity index (χ3n) is 5.92. The molecule has 0 unspecified atom stereocenters. The molecule has 3 aliphatic rings. The SMILES string of the molecule is CC(C)c1ccccc1C1=CC=C2[C@@H]1N2C(=O)CN1Cc2cc(F)ccc2NC1=O. The maximum atomic E-state index is 13.5. The fraction of sp³-hybridized carbons (Fsp3) is 0.250. The van der Waals surface area contributed by atoms with Gasteiger partial charge in [0.05, 0.1) is 6.54 Å². The van der Waals surface area contributed by atoms with Gasteiger partial charge in [0, 0.05) is 11.4 Å². The van der Waals surface area contributed by atoms with Crippen LogP contribution in [0.15, 0.2) is 60.3 Å². The van der Waals surface area contributed by atoms with E-state index in [0.29, 0.717) is 17.2 Å². The van der Waals surface area contributed by atoms with Crippen molar-refractivity contribution < 1.29 is 14.0 Å².